The normalized spacial score (nSPS) is 22.5. The van der Waals surface area contributed by atoms with Crippen molar-refractivity contribution in [2.45, 2.75) is 38.9 Å². The van der Waals surface area contributed by atoms with Crippen molar-refractivity contribution in [1.29, 1.82) is 0 Å². The van der Waals surface area contributed by atoms with Gasteiger partial charge in [0.1, 0.15) is 0 Å². The quantitative estimate of drug-likeness (QED) is 0.851. The molecule has 0 spiro atoms. The van der Waals surface area contributed by atoms with Gasteiger partial charge in [-0.2, -0.15) is 0 Å². The number of hydrogen-bond donors (Lipinski definition) is 1. The molecule has 0 aliphatic carbocycles. The lowest BCUT2D eigenvalue weighted by Gasteiger charge is -2.32. The molecule has 2 rings (SSSR count). The van der Waals surface area contributed by atoms with Gasteiger partial charge in [0.2, 0.25) is 0 Å². The van der Waals surface area contributed by atoms with Crippen LogP contribution in [0.4, 0.5) is 0 Å². The summed E-state index contributed by atoms with van der Waals surface area (Å²) in [6.07, 6.45) is 1.94. The minimum atomic E-state index is -0.387. The van der Waals surface area contributed by atoms with E-state index in [9.17, 15) is 0 Å². The third kappa shape index (κ3) is 2.52. The van der Waals surface area contributed by atoms with Crippen LogP contribution in [0.2, 0.25) is 0 Å². The average molecular weight is 266 g/mol. The molecule has 0 saturated carbocycles. The fraction of sp³-hybridized carbons (Fsp3) is 0.583. The number of hydrogen-bond acceptors (Lipinski definition) is 5. The summed E-state index contributed by atoms with van der Waals surface area (Å²) in [6, 6.07) is 0. The maximum absolute atomic E-state index is 5.97. The van der Waals surface area contributed by atoms with Crippen molar-refractivity contribution in [3.05, 3.63) is 22.1 Å². The van der Waals surface area contributed by atoms with E-state index in [1.165, 1.54) is 0 Å². The van der Waals surface area contributed by atoms with Gasteiger partial charge >= 0.3 is 7.12 Å². The van der Waals surface area contributed by atoms with Crippen LogP contribution in [0.5, 0.6) is 0 Å². The van der Waals surface area contributed by atoms with Crippen molar-refractivity contribution in [3.63, 3.8) is 0 Å². The molecule has 1 aliphatic heterocycles. The number of rotatable bonds is 3. The fourth-order valence-corrected chi connectivity index (χ4v) is 2.21. The molecule has 18 heavy (non-hydrogen) atoms. The summed E-state index contributed by atoms with van der Waals surface area (Å²) in [7, 11) is -0.387. The van der Waals surface area contributed by atoms with Gasteiger partial charge in [0, 0.05) is 11.9 Å². The Morgan fingerprint density at radius 3 is 2.44 bits per heavy atom. The molecule has 0 unspecified atom stereocenters. The first kappa shape index (κ1) is 13.7. The van der Waals surface area contributed by atoms with Gasteiger partial charge in [0.15, 0.2) is 0 Å². The zero-order valence-electron chi connectivity index (χ0n) is 11.3. The lowest BCUT2D eigenvalue weighted by Crippen LogP contribution is -2.41. The van der Waals surface area contributed by atoms with Gasteiger partial charge in [-0.15, -0.1) is 11.3 Å². The van der Waals surface area contributed by atoms with E-state index in [0.717, 1.165) is 11.2 Å². The molecule has 98 valence electrons. The van der Waals surface area contributed by atoms with E-state index in [1.807, 2.05) is 39.2 Å². The van der Waals surface area contributed by atoms with E-state index < -0.39 is 0 Å². The second kappa shape index (κ2) is 4.77. The monoisotopic (exact) mass is 266 g/mol. The second-order valence-corrected chi connectivity index (χ2v) is 6.14. The summed E-state index contributed by atoms with van der Waals surface area (Å²) in [6.45, 7) is 8.52. The smallest absolute Gasteiger partial charge is 0.400 e. The Bertz CT molecular complexity index is 427. The topological polar surface area (TPSA) is 57.4 Å². The molecule has 2 N–H and O–H groups in total. The number of aromatic nitrogens is 1. The molecule has 0 bridgehead atoms. The molecule has 0 amide bonds. The van der Waals surface area contributed by atoms with Gasteiger partial charge in [-0.1, -0.05) is 0 Å². The van der Waals surface area contributed by atoms with Gasteiger partial charge in [-0.25, -0.2) is 4.98 Å². The molecule has 0 aromatic carbocycles. The first-order valence-electron chi connectivity index (χ1n) is 6.00. The highest BCUT2D eigenvalue weighted by Gasteiger charge is 2.52. The molecule has 1 fully saturated rings. The van der Waals surface area contributed by atoms with E-state index in [-0.39, 0.29) is 18.3 Å². The number of thiazole rings is 1. The molecule has 6 heteroatoms. The van der Waals surface area contributed by atoms with E-state index in [2.05, 4.69) is 4.98 Å². The highest BCUT2D eigenvalue weighted by molar-refractivity contribution is 7.07. The Labute approximate surface area is 112 Å². The summed E-state index contributed by atoms with van der Waals surface area (Å²) >= 11 is 1.56. The van der Waals surface area contributed by atoms with Crippen molar-refractivity contribution in [1.82, 2.24) is 4.98 Å². The predicted molar refractivity (Wildman–Crippen MR) is 75.2 cm³/mol. The minimum absolute atomic E-state index is 0.339. The van der Waals surface area contributed by atoms with Crippen molar-refractivity contribution in [3.8, 4) is 0 Å². The lowest BCUT2D eigenvalue weighted by molar-refractivity contribution is 0.00578. The van der Waals surface area contributed by atoms with Gasteiger partial charge in [-0.05, 0) is 39.2 Å². The molecular formula is C12H19BN2O2S. The maximum Gasteiger partial charge on any atom is 0.491 e. The molecule has 1 aromatic rings. The summed E-state index contributed by atoms with van der Waals surface area (Å²) in [5.74, 6) is 0. The molecule has 0 atom stereocenters. The Balaban J connectivity index is 2.22. The number of nitrogens with zero attached hydrogens (tertiary/aromatic N) is 1. The standard InChI is InChI=1S/C12H19BN2O2S/c1-11(2)12(3,4)17-13(16-11)9(6-14)5-10-7-18-8-15-10/h5,7-8H,6,14H2,1-4H3. The average Bonchev–Trinajstić information content (AvgIpc) is 2.82. The van der Waals surface area contributed by atoms with Crippen LogP contribution in [-0.4, -0.2) is 29.8 Å². The van der Waals surface area contributed by atoms with Gasteiger partial charge in [-0.3, -0.25) is 0 Å². The molecular weight excluding hydrogens is 247 g/mol. The van der Waals surface area contributed by atoms with Gasteiger partial charge in [0.05, 0.1) is 22.4 Å². The van der Waals surface area contributed by atoms with Crippen LogP contribution in [0, 0.1) is 0 Å². The third-order valence-electron chi connectivity index (χ3n) is 3.58. The van der Waals surface area contributed by atoms with E-state index in [0.29, 0.717) is 6.54 Å². The Kier molecular flexibility index (Phi) is 3.64. The lowest BCUT2D eigenvalue weighted by atomic mass is 9.77. The largest absolute Gasteiger partial charge is 0.491 e. The van der Waals surface area contributed by atoms with E-state index in [1.54, 1.807) is 16.8 Å². The molecule has 0 radical (unpaired) electrons. The first-order chi connectivity index (χ1) is 8.36. The SMILES string of the molecule is CC1(C)OB(C(=Cc2cscn2)CN)OC1(C)C. The third-order valence-corrected chi connectivity index (χ3v) is 4.18. The molecule has 1 aromatic heterocycles. The van der Waals surface area contributed by atoms with Crippen LogP contribution in [0.1, 0.15) is 33.4 Å². The van der Waals surface area contributed by atoms with Crippen LogP contribution < -0.4 is 5.73 Å². The van der Waals surface area contributed by atoms with Crippen LogP contribution in [0.15, 0.2) is 16.4 Å². The maximum atomic E-state index is 5.97. The highest BCUT2D eigenvalue weighted by atomic mass is 32.1. The predicted octanol–water partition coefficient (Wildman–Crippen LogP) is 2.12. The van der Waals surface area contributed by atoms with Crippen molar-refractivity contribution in [2.75, 3.05) is 6.54 Å². The summed E-state index contributed by atoms with van der Waals surface area (Å²) < 4.78 is 11.9. The van der Waals surface area contributed by atoms with Crippen LogP contribution in [0.3, 0.4) is 0 Å². The molecule has 4 nitrogen and oxygen atoms in total. The summed E-state index contributed by atoms with van der Waals surface area (Å²) in [5, 5.41) is 1.97. The molecule has 1 saturated heterocycles. The van der Waals surface area contributed by atoms with Gasteiger partial charge < -0.3 is 15.0 Å². The zero-order valence-corrected chi connectivity index (χ0v) is 12.1. The van der Waals surface area contributed by atoms with Crippen LogP contribution in [-0.2, 0) is 9.31 Å². The Hall–Kier alpha value is -0.685. The van der Waals surface area contributed by atoms with Crippen molar-refractivity contribution in [2.24, 2.45) is 5.73 Å². The second-order valence-electron chi connectivity index (χ2n) is 5.42. The summed E-state index contributed by atoms with van der Waals surface area (Å²) in [4.78, 5) is 4.22. The Morgan fingerprint density at radius 2 is 2.00 bits per heavy atom. The number of nitrogens with two attached hydrogens (primary N) is 1. The van der Waals surface area contributed by atoms with Gasteiger partial charge in [0.25, 0.3) is 0 Å². The first-order valence-corrected chi connectivity index (χ1v) is 6.94. The van der Waals surface area contributed by atoms with Crippen molar-refractivity contribution < 1.29 is 9.31 Å². The molecule has 2 heterocycles. The van der Waals surface area contributed by atoms with Crippen molar-refractivity contribution >= 4 is 24.5 Å². The fourth-order valence-electron chi connectivity index (χ4n) is 1.70. The van der Waals surface area contributed by atoms with Crippen LogP contribution in [0.25, 0.3) is 6.08 Å². The van der Waals surface area contributed by atoms with E-state index >= 15 is 0 Å². The summed E-state index contributed by atoms with van der Waals surface area (Å²) in [5.41, 5.74) is 8.73. The Morgan fingerprint density at radius 1 is 1.39 bits per heavy atom. The molecule has 1 aliphatic rings. The van der Waals surface area contributed by atoms with E-state index in [4.69, 9.17) is 15.0 Å². The highest BCUT2D eigenvalue weighted by Crippen LogP contribution is 2.38. The zero-order chi connectivity index (χ0) is 13.4. The minimum Gasteiger partial charge on any atom is -0.400 e. The van der Waals surface area contributed by atoms with Crippen LogP contribution >= 0.6 is 11.3 Å².